The molecule has 2 unspecified atom stereocenters. The molecule has 4 atom stereocenters. The third kappa shape index (κ3) is 1.66. The van der Waals surface area contributed by atoms with Gasteiger partial charge in [-0.05, 0) is 25.7 Å². The van der Waals surface area contributed by atoms with E-state index in [1.165, 1.54) is 6.92 Å². The summed E-state index contributed by atoms with van der Waals surface area (Å²) in [6, 6.07) is 0. The number of halogens is 3. The lowest BCUT2D eigenvalue weighted by atomic mass is 9.80. The second-order valence-corrected chi connectivity index (χ2v) is 4.11. The van der Waals surface area contributed by atoms with Gasteiger partial charge in [0.2, 0.25) is 0 Å². The van der Waals surface area contributed by atoms with Crippen LogP contribution in [0.4, 0.5) is 8.78 Å². The molecular formula is C8H13ClF2. The second kappa shape index (κ2) is 2.89. The van der Waals surface area contributed by atoms with Crippen LogP contribution < -0.4 is 0 Å². The van der Waals surface area contributed by atoms with E-state index >= 15 is 0 Å². The Balaban J connectivity index is 2.67. The van der Waals surface area contributed by atoms with Gasteiger partial charge < -0.3 is 0 Å². The average molecular weight is 183 g/mol. The van der Waals surface area contributed by atoms with Crippen LogP contribution >= 0.6 is 11.6 Å². The standard InChI is InChI=1S/C8H13ClF2/c1-5-3-4-8(2,11)7(9)6(5)10/h5-7H,3-4H2,1-2H3/t5?,6?,7-,8-/m1/s1. The molecule has 0 amide bonds. The fraction of sp³-hybridized carbons (Fsp3) is 1.00. The fourth-order valence-electron chi connectivity index (χ4n) is 1.43. The van der Waals surface area contributed by atoms with Crippen LogP contribution in [0.25, 0.3) is 0 Å². The first-order chi connectivity index (χ1) is 4.95. The maximum absolute atomic E-state index is 13.3. The predicted molar refractivity (Wildman–Crippen MR) is 42.4 cm³/mol. The highest BCUT2D eigenvalue weighted by Crippen LogP contribution is 2.39. The van der Waals surface area contributed by atoms with Crippen LogP contribution in [0.5, 0.6) is 0 Å². The fourth-order valence-corrected chi connectivity index (χ4v) is 1.78. The quantitative estimate of drug-likeness (QED) is 0.505. The van der Waals surface area contributed by atoms with Gasteiger partial charge in [-0.15, -0.1) is 11.6 Å². The Morgan fingerprint density at radius 2 is 2.09 bits per heavy atom. The lowest BCUT2D eigenvalue weighted by molar-refractivity contribution is 0.0489. The number of hydrogen-bond donors (Lipinski definition) is 0. The molecule has 1 aliphatic carbocycles. The summed E-state index contributed by atoms with van der Waals surface area (Å²) >= 11 is 5.60. The van der Waals surface area contributed by atoms with E-state index in [0.29, 0.717) is 12.8 Å². The molecule has 66 valence electrons. The number of hydrogen-bond acceptors (Lipinski definition) is 0. The maximum atomic E-state index is 13.3. The van der Waals surface area contributed by atoms with Gasteiger partial charge in [0.1, 0.15) is 11.8 Å². The third-order valence-electron chi connectivity index (χ3n) is 2.49. The number of rotatable bonds is 0. The Morgan fingerprint density at radius 1 is 1.55 bits per heavy atom. The van der Waals surface area contributed by atoms with Gasteiger partial charge in [-0.25, -0.2) is 8.78 Å². The molecule has 0 N–H and O–H groups in total. The largest absolute Gasteiger partial charge is 0.245 e. The SMILES string of the molecule is CC1CC[C@@](C)(F)[C@H](Cl)C1F. The van der Waals surface area contributed by atoms with E-state index in [1.807, 2.05) is 0 Å². The van der Waals surface area contributed by atoms with Gasteiger partial charge in [0.05, 0.1) is 5.38 Å². The molecule has 1 rings (SSSR count). The lowest BCUT2D eigenvalue weighted by Crippen LogP contribution is -2.45. The van der Waals surface area contributed by atoms with Gasteiger partial charge >= 0.3 is 0 Å². The summed E-state index contributed by atoms with van der Waals surface area (Å²) in [6.45, 7) is 3.15. The summed E-state index contributed by atoms with van der Waals surface area (Å²) in [5.41, 5.74) is -1.52. The summed E-state index contributed by atoms with van der Waals surface area (Å²) in [5.74, 6) is -0.0960. The molecule has 0 bridgehead atoms. The van der Waals surface area contributed by atoms with Crippen molar-refractivity contribution in [1.82, 2.24) is 0 Å². The zero-order chi connectivity index (χ0) is 8.65. The summed E-state index contributed by atoms with van der Waals surface area (Å²) in [7, 11) is 0. The van der Waals surface area contributed by atoms with Crippen LogP contribution in [0, 0.1) is 5.92 Å². The molecule has 0 radical (unpaired) electrons. The van der Waals surface area contributed by atoms with Crippen molar-refractivity contribution < 1.29 is 8.78 Å². The van der Waals surface area contributed by atoms with E-state index in [0.717, 1.165) is 0 Å². The van der Waals surface area contributed by atoms with Crippen molar-refractivity contribution in [2.24, 2.45) is 5.92 Å². The molecule has 0 nitrogen and oxygen atoms in total. The van der Waals surface area contributed by atoms with E-state index in [9.17, 15) is 8.78 Å². The molecule has 0 spiro atoms. The summed E-state index contributed by atoms with van der Waals surface area (Å²) in [4.78, 5) is 0. The Kier molecular flexibility index (Phi) is 2.43. The van der Waals surface area contributed by atoms with Crippen LogP contribution in [0.1, 0.15) is 26.7 Å². The first-order valence-electron chi connectivity index (χ1n) is 3.92. The van der Waals surface area contributed by atoms with Crippen LogP contribution in [0.2, 0.25) is 0 Å². The second-order valence-electron chi connectivity index (χ2n) is 3.64. The Morgan fingerprint density at radius 3 is 2.55 bits per heavy atom. The summed E-state index contributed by atoms with van der Waals surface area (Å²) in [6.07, 6.45) is -0.222. The van der Waals surface area contributed by atoms with Crippen molar-refractivity contribution in [3.63, 3.8) is 0 Å². The van der Waals surface area contributed by atoms with Crippen molar-refractivity contribution in [3.05, 3.63) is 0 Å². The Labute approximate surface area is 70.9 Å². The molecule has 0 aromatic carbocycles. The molecule has 3 heteroatoms. The van der Waals surface area contributed by atoms with Crippen LogP contribution in [0.15, 0.2) is 0 Å². The van der Waals surface area contributed by atoms with E-state index in [2.05, 4.69) is 0 Å². The molecular weight excluding hydrogens is 170 g/mol. The van der Waals surface area contributed by atoms with Gasteiger partial charge in [-0.1, -0.05) is 6.92 Å². The van der Waals surface area contributed by atoms with E-state index in [4.69, 9.17) is 11.6 Å². The molecule has 0 aromatic rings. The van der Waals surface area contributed by atoms with Crippen molar-refractivity contribution >= 4 is 11.6 Å². The lowest BCUT2D eigenvalue weighted by Gasteiger charge is -2.36. The molecule has 0 aromatic heterocycles. The third-order valence-corrected chi connectivity index (χ3v) is 3.18. The first-order valence-corrected chi connectivity index (χ1v) is 4.36. The highest BCUT2D eigenvalue weighted by Gasteiger charge is 2.45. The van der Waals surface area contributed by atoms with Gasteiger partial charge in [-0.2, -0.15) is 0 Å². The van der Waals surface area contributed by atoms with E-state index in [-0.39, 0.29) is 5.92 Å². The normalized spacial score (nSPS) is 52.6. The smallest absolute Gasteiger partial charge is 0.127 e. The minimum atomic E-state index is -1.52. The zero-order valence-electron chi connectivity index (χ0n) is 6.78. The highest BCUT2D eigenvalue weighted by molar-refractivity contribution is 6.21. The van der Waals surface area contributed by atoms with Crippen molar-refractivity contribution in [2.45, 2.75) is 43.9 Å². The molecule has 1 saturated carbocycles. The van der Waals surface area contributed by atoms with Crippen molar-refractivity contribution in [2.75, 3.05) is 0 Å². The molecule has 11 heavy (non-hydrogen) atoms. The minimum absolute atomic E-state index is 0.0960. The Bertz CT molecular complexity index is 147. The van der Waals surface area contributed by atoms with Crippen LogP contribution in [-0.4, -0.2) is 17.2 Å². The molecule has 0 aliphatic heterocycles. The van der Waals surface area contributed by atoms with Crippen molar-refractivity contribution in [1.29, 1.82) is 0 Å². The maximum Gasteiger partial charge on any atom is 0.127 e. The summed E-state index contributed by atoms with van der Waals surface area (Å²) in [5, 5.41) is -0.966. The first kappa shape index (κ1) is 9.24. The van der Waals surface area contributed by atoms with Crippen molar-refractivity contribution in [3.8, 4) is 0 Å². The van der Waals surface area contributed by atoms with Gasteiger partial charge in [0.25, 0.3) is 0 Å². The molecule has 0 heterocycles. The molecule has 1 fully saturated rings. The molecule has 0 saturated heterocycles. The highest BCUT2D eigenvalue weighted by atomic mass is 35.5. The average Bonchev–Trinajstić information content (AvgIpc) is 1.95. The van der Waals surface area contributed by atoms with E-state index in [1.54, 1.807) is 6.92 Å². The monoisotopic (exact) mass is 182 g/mol. The summed E-state index contributed by atoms with van der Waals surface area (Å²) < 4.78 is 26.4. The van der Waals surface area contributed by atoms with Gasteiger partial charge in [0, 0.05) is 0 Å². The van der Waals surface area contributed by atoms with E-state index < -0.39 is 17.2 Å². The zero-order valence-corrected chi connectivity index (χ0v) is 7.54. The van der Waals surface area contributed by atoms with Crippen LogP contribution in [-0.2, 0) is 0 Å². The predicted octanol–water partition coefficient (Wildman–Crippen LogP) is 3.09. The molecule has 1 aliphatic rings. The van der Waals surface area contributed by atoms with Crippen LogP contribution in [0.3, 0.4) is 0 Å². The van der Waals surface area contributed by atoms with Gasteiger partial charge in [-0.3, -0.25) is 0 Å². The van der Waals surface area contributed by atoms with Gasteiger partial charge in [0.15, 0.2) is 0 Å². The number of alkyl halides is 3. The topological polar surface area (TPSA) is 0 Å². The Hall–Kier alpha value is 0.150. The minimum Gasteiger partial charge on any atom is -0.245 e.